The maximum atomic E-state index is 11.6. The molecule has 0 saturated heterocycles. The van der Waals surface area contributed by atoms with Crippen LogP contribution in [-0.2, 0) is 0 Å². The molecule has 0 unspecified atom stereocenters. The van der Waals surface area contributed by atoms with Gasteiger partial charge in [0, 0.05) is 5.56 Å². The van der Waals surface area contributed by atoms with E-state index in [1.807, 2.05) is 38.1 Å². The Morgan fingerprint density at radius 3 is 2.48 bits per heavy atom. The number of nitrogens with two attached hydrogens (primary N) is 1. The van der Waals surface area contributed by atoms with Gasteiger partial charge in [-0.3, -0.25) is 4.79 Å². The van der Waals surface area contributed by atoms with Gasteiger partial charge < -0.3 is 15.2 Å². The average molecular weight is 309 g/mol. The van der Waals surface area contributed by atoms with Crippen molar-refractivity contribution in [3.63, 3.8) is 0 Å². The predicted molar refractivity (Wildman–Crippen MR) is 89.7 cm³/mol. The summed E-state index contributed by atoms with van der Waals surface area (Å²) in [5, 5.41) is 0. The molecule has 2 rings (SSSR count). The van der Waals surface area contributed by atoms with Crippen LogP contribution in [0.25, 0.3) is 0 Å². The lowest BCUT2D eigenvalue weighted by molar-refractivity contribution is 0.0994. The highest BCUT2D eigenvalue weighted by Gasteiger charge is 2.11. The van der Waals surface area contributed by atoms with Crippen LogP contribution in [0, 0.1) is 11.8 Å². The molecular weight excluding hydrogens is 290 g/mol. The summed E-state index contributed by atoms with van der Waals surface area (Å²) in [6.45, 7) is 3.78. The number of hydrogen-bond donors (Lipinski definition) is 1. The number of hydrogen-bond acceptors (Lipinski definition) is 3. The Morgan fingerprint density at radius 1 is 1.09 bits per heavy atom. The molecule has 0 aliphatic rings. The Morgan fingerprint density at radius 2 is 1.83 bits per heavy atom. The smallest absolute Gasteiger partial charge is 0.252 e. The van der Waals surface area contributed by atoms with Gasteiger partial charge >= 0.3 is 0 Å². The van der Waals surface area contributed by atoms with E-state index in [9.17, 15) is 4.79 Å². The second kappa shape index (κ2) is 7.37. The molecule has 4 heteroatoms. The van der Waals surface area contributed by atoms with E-state index in [1.165, 1.54) is 0 Å². The molecule has 0 heterocycles. The number of carbonyl (C=O) groups excluding carboxylic acids is 1. The van der Waals surface area contributed by atoms with Crippen molar-refractivity contribution in [2.45, 2.75) is 20.0 Å². The number of amides is 1. The lowest BCUT2D eigenvalue weighted by atomic mass is 10.1. The lowest BCUT2D eigenvalue weighted by Gasteiger charge is -2.12. The molecule has 118 valence electrons. The minimum atomic E-state index is -0.540. The summed E-state index contributed by atoms with van der Waals surface area (Å²) in [6.07, 6.45) is -0.0429. The Labute approximate surface area is 136 Å². The highest BCUT2D eigenvalue weighted by Crippen LogP contribution is 2.21. The summed E-state index contributed by atoms with van der Waals surface area (Å²) >= 11 is 0. The Hall–Kier alpha value is -2.93. The number of carbonyl (C=O) groups is 1. The lowest BCUT2D eigenvalue weighted by Crippen LogP contribution is -2.15. The number of primary amides is 1. The van der Waals surface area contributed by atoms with Gasteiger partial charge in [0.25, 0.3) is 5.91 Å². The Kier molecular flexibility index (Phi) is 5.27. The summed E-state index contributed by atoms with van der Waals surface area (Å²) in [7, 11) is 1.60. The molecule has 2 aromatic rings. The fourth-order valence-corrected chi connectivity index (χ4v) is 2.04. The van der Waals surface area contributed by atoms with Crippen molar-refractivity contribution >= 4 is 5.91 Å². The first-order valence-electron chi connectivity index (χ1n) is 7.27. The van der Waals surface area contributed by atoms with Crippen molar-refractivity contribution < 1.29 is 14.3 Å². The molecule has 0 fully saturated rings. The van der Waals surface area contributed by atoms with Crippen LogP contribution in [0.3, 0.4) is 0 Å². The van der Waals surface area contributed by atoms with Crippen molar-refractivity contribution in [1.29, 1.82) is 0 Å². The first kappa shape index (κ1) is 16.4. The van der Waals surface area contributed by atoms with E-state index in [1.54, 1.807) is 25.3 Å². The molecule has 0 bridgehead atoms. The van der Waals surface area contributed by atoms with Crippen molar-refractivity contribution in [3.05, 3.63) is 59.2 Å². The topological polar surface area (TPSA) is 61.6 Å². The zero-order chi connectivity index (χ0) is 16.8. The summed E-state index contributed by atoms with van der Waals surface area (Å²) < 4.78 is 10.9. The van der Waals surface area contributed by atoms with Crippen LogP contribution >= 0.6 is 0 Å². The number of methoxy groups -OCH3 is 1. The molecule has 2 N–H and O–H groups in total. The van der Waals surface area contributed by atoms with Crippen LogP contribution in [0.4, 0.5) is 0 Å². The highest BCUT2D eigenvalue weighted by molar-refractivity contribution is 5.96. The molecular formula is C19H19NO3. The van der Waals surface area contributed by atoms with E-state index >= 15 is 0 Å². The molecule has 0 radical (unpaired) electrons. The molecule has 0 aromatic heterocycles. The summed E-state index contributed by atoms with van der Waals surface area (Å²) in [6, 6.07) is 12.6. The minimum absolute atomic E-state index is 0.0429. The van der Waals surface area contributed by atoms with Gasteiger partial charge in [-0.25, -0.2) is 0 Å². The van der Waals surface area contributed by atoms with Gasteiger partial charge in [0.2, 0.25) is 0 Å². The van der Waals surface area contributed by atoms with Gasteiger partial charge in [-0.05, 0) is 44.2 Å². The third-order valence-corrected chi connectivity index (χ3v) is 3.06. The zero-order valence-corrected chi connectivity index (χ0v) is 13.4. The van der Waals surface area contributed by atoms with E-state index in [2.05, 4.69) is 11.8 Å². The van der Waals surface area contributed by atoms with Crippen LogP contribution in [0.2, 0.25) is 0 Å². The summed E-state index contributed by atoms with van der Waals surface area (Å²) in [5.74, 6) is 6.69. The first-order chi connectivity index (χ1) is 11.0. The SMILES string of the molecule is COc1ccccc1C#Cc1ccc(OC(C)C)c(C(N)=O)c1. The third-order valence-electron chi connectivity index (χ3n) is 3.06. The van der Waals surface area contributed by atoms with Crippen LogP contribution in [0.1, 0.15) is 35.3 Å². The quantitative estimate of drug-likeness (QED) is 0.883. The van der Waals surface area contributed by atoms with E-state index in [0.29, 0.717) is 22.6 Å². The van der Waals surface area contributed by atoms with E-state index in [4.69, 9.17) is 15.2 Å². The van der Waals surface area contributed by atoms with E-state index < -0.39 is 5.91 Å². The van der Waals surface area contributed by atoms with Gasteiger partial charge in [0.05, 0.1) is 24.3 Å². The zero-order valence-electron chi connectivity index (χ0n) is 13.4. The summed E-state index contributed by atoms with van der Waals surface area (Å²) in [5.41, 5.74) is 7.21. The molecule has 2 aromatic carbocycles. The van der Waals surface area contributed by atoms with Crippen molar-refractivity contribution in [2.24, 2.45) is 5.73 Å². The normalized spacial score (nSPS) is 9.91. The van der Waals surface area contributed by atoms with Gasteiger partial charge in [0.1, 0.15) is 11.5 Å². The van der Waals surface area contributed by atoms with Gasteiger partial charge in [-0.15, -0.1) is 0 Å². The maximum absolute atomic E-state index is 11.6. The van der Waals surface area contributed by atoms with Crippen molar-refractivity contribution in [3.8, 4) is 23.3 Å². The van der Waals surface area contributed by atoms with Gasteiger partial charge in [-0.2, -0.15) is 0 Å². The van der Waals surface area contributed by atoms with Gasteiger partial charge in [0.15, 0.2) is 0 Å². The standard InChI is InChI=1S/C19H19NO3/c1-13(2)23-18-11-9-14(12-16(18)19(20)21)8-10-15-6-4-5-7-17(15)22-3/h4-7,9,11-13H,1-3H3,(H2,20,21). The van der Waals surface area contributed by atoms with E-state index in [-0.39, 0.29) is 6.10 Å². The summed E-state index contributed by atoms with van der Waals surface area (Å²) in [4.78, 5) is 11.6. The Balaban J connectivity index is 2.37. The van der Waals surface area contributed by atoms with Crippen molar-refractivity contribution in [2.75, 3.05) is 7.11 Å². The molecule has 4 nitrogen and oxygen atoms in total. The second-order valence-electron chi connectivity index (χ2n) is 5.19. The van der Waals surface area contributed by atoms with Crippen LogP contribution in [0.15, 0.2) is 42.5 Å². The van der Waals surface area contributed by atoms with Crippen molar-refractivity contribution in [1.82, 2.24) is 0 Å². The fraction of sp³-hybridized carbons (Fsp3) is 0.211. The number of benzene rings is 2. The van der Waals surface area contributed by atoms with Crippen LogP contribution in [-0.4, -0.2) is 19.1 Å². The third kappa shape index (κ3) is 4.27. The molecule has 23 heavy (non-hydrogen) atoms. The minimum Gasteiger partial charge on any atom is -0.495 e. The molecule has 0 aliphatic carbocycles. The van der Waals surface area contributed by atoms with Crippen LogP contribution < -0.4 is 15.2 Å². The highest BCUT2D eigenvalue weighted by atomic mass is 16.5. The molecule has 0 saturated carbocycles. The molecule has 0 spiro atoms. The van der Waals surface area contributed by atoms with Crippen LogP contribution in [0.5, 0.6) is 11.5 Å². The molecule has 1 amide bonds. The largest absolute Gasteiger partial charge is 0.495 e. The first-order valence-corrected chi connectivity index (χ1v) is 7.27. The molecule has 0 aliphatic heterocycles. The number of ether oxygens (including phenoxy) is 2. The fourth-order valence-electron chi connectivity index (χ4n) is 2.04. The van der Waals surface area contributed by atoms with E-state index in [0.717, 1.165) is 5.56 Å². The molecule has 0 atom stereocenters. The predicted octanol–water partition coefficient (Wildman–Crippen LogP) is 2.98. The monoisotopic (exact) mass is 309 g/mol. The number of rotatable bonds is 4. The second-order valence-corrected chi connectivity index (χ2v) is 5.19. The Bertz CT molecular complexity index is 770. The van der Waals surface area contributed by atoms with Gasteiger partial charge in [-0.1, -0.05) is 24.0 Å². The maximum Gasteiger partial charge on any atom is 0.252 e. The average Bonchev–Trinajstić information content (AvgIpc) is 2.53. The number of para-hydroxylation sites is 1.